The summed E-state index contributed by atoms with van der Waals surface area (Å²) in [7, 11) is 0. The van der Waals surface area contributed by atoms with E-state index in [1.807, 2.05) is 6.92 Å². The highest BCUT2D eigenvalue weighted by molar-refractivity contribution is 9.10. The van der Waals surface area contributed by atoms with Crippen LogP contribution in [0, 0.1) is 5.82 Å². The molecule has 0 aromatic heterocycles. The number of halogens is 2. The van der Waals surface area contributed by atoms with Crippen molar-refractivity contribution in [1.82, 2.24) is 0 Å². The molecule has 1 N–H and O–H groups in total. The standard InChI is InChI=1S/C11H12BrFO3/c1-2-3-10(11(14)15)16-9-5-4-7(12)6-8(9)13/h4-6,10H,2-3H2,1H3,(H,14,15)/t10-/m0/s1. The first-order chi connectivity index (χ1) is 7.54. The second-order valence-corrected chi connectivity index (χ2v) is 4.22. The van der Waals surface area contributed by atoms with E-state index in [4.69, 9.17) is 9.84 Å². The van der Waals surface area contributed by atoms with Gasteiger partial charge in [-0.25, -0.2) is 9.18 Å². The van der Waals surface area contributed by atoms with Crippen LogP contribution in [0.1, 0.15) is 19.8 Å². The van der Waals surface area contributed by atoms with Gasteiger partial charge in [0.05, 0.1) is 0 Å². The maximum atomic E-state index is 13.4. The van der Waals surface area contributed by atoms with Crippen molar-refractivity contribution in [1.29, 1.82) is 0 Å². The number of benzene rings is 1. The molecule has 16 heavy (non-hydrogen) atoms. The van der Waals surface area contributed by atoms with E-state index in [9.17, 15) is 9.18 Å². The van der Waals surface area contributed by atoms with Gasteiger partial charge < -0.3 is 9.84 Å². The fourth-order valence-electron chi connectivity index (χ4n) is 1.22. The summed E-state index contributed by atoms with van der Waals surface area (Å²) in [5, 5.41) is 8.85. The second-order valence-electron chi connectivity index (χ2n) is 3.31. The number of carboxylic acids is 1. The first-order valence-corrected chi connectivity index (χ1v) is 5.68. The second kappa shape index (κ2) is 5.84. The Hall–Kier alpha value is -1.10. The van der Waals surface area contributed by atoms with Crippen LogP contribution in [0.3, 0.4) is 0 Å². The lowest BCUT2D eigenvalue weighted by atomic mass is 10.2. The summed E-state index contributed by atoms with van der Waals surface area (Å²) in [5.41, 5.74) is 0. The molecule has 3 nitrogen and oxygen atoms in total. The van der Waals surface area contributed by atoms with E-state index in [1.54, 1.807) is 6.07 Å². The average Bonchev–Trinajstić information content (AvgIpc) is 2.20. The Morgan fingerprint density at radius 2 is 2.31 bits per heavy atom. The third-order valence-corrected chi connectivity index (χ3v) is 2.48. The van der Waals surface area contributed by atoms with Crippen molar-refractivity contribution in [2.24, 2.45) is 0 Å². The molecule has 1 rings (SSSR count). The van der Waals surface area contributed by atoms with E-state index in [0.717, 1.165) is 0 Å². The van der Waals surface area contributed by atoms with Crippen LogP contribution < -0.4 is 4.74 Å². The highest BCUT2D eigenvalue weighted by Gasteiger charge is 2.19. The summed E-state index contributed by atoms with van der Waals surface area (Å²) < 4.78 is 19.1. The van der Waals surface area contributed by atoms with E-state index >= 15 is 0 Å². The van der Waals surface area contributed by atoms with Crippen molar-refractivity contribution in [2.45, 2.75) is 25.9 Å². The fraction of sp³-hybridized carbons (Fsp3) is 0.364. The number of aliphatic carboxylic acids is 1. The van der Waals surface area contributed by atoms with Crippen LogP contribution in [-0.2, 0) is 4.79 Å². The first-order valence-electron chi connectivity index (χ1n) is 4.89. The molecule has 0 amide bonds. The smallest absolute Gasteiger partial charge is 0.344 e. The van der Waals surface area contributed by atoms with E-state index in [2.05, 4.69) is 15.9 Å². The number of rotatable bonds is 5. The molecule has 5 heteroatoms. The molecular formula is C11H12BrFO3. The zero-order valence-electron chi connectivity index (χ0n) is 8.74. The van der Waals surface area contributed by atoms with Crippen molar-refractivity contribution >= 4 is 21.9 Å². The molecule has 0 aliphatic heterocycles. The van der Waals surface area contributed by atoms with Gasteiger partial charge in [-0.3, -0.25) is 0 Å². The molecule has 88 valence electrons. The Bertz CT molecular complexity index is 381. The lowest BCUT2D eigenvalue weighted by Gasteiger charge is -2.14. The van der Waals surface area contributed by atoms with Crippen LogP contribution in [0.25, 0.3) is 0 Å². The van der Waals surface area contributed by atoms with Crippen molar-refractivity contribution in [3.05, 3.63) is 28.5 Å². The molecule has 1 aromatic rings. The summed E-state index contributed by atoms with van der Waals surface area (Å²) in [5.74, 6) is -1.69. The first kappa shape index (κ1) is 13.0. The number of hydrogen-bond donors (Lipinski definition) is 1. The van der Waals surface area contributed by atoms with E-state index < -0.39 is 17.9 Å². The molecule has 0 radical (unpaired) electrons. The molecule has 0 fully saturated rings. The third-order valence-electron chi connectivity index (χ3n) is 1.99. The third kappa shape index (κ3) is 3.48. The highest BCUT2D eigenvalue weighted by Crippen LogP contribution is 2.23. The Morgan fingerprint density at radius 1 is 1.62 bits per heavy atom. The van der Waals surface area contributed by atoms with Crippen molar-refractivity contribution in [3.8, 4) is 5.75 Å². The lowest BCUT2D eigenvalue weighted by Crippen LogP contribution is -2.27. The van der Waals surface area contributed by atoms with Gasteiger partial charge in [-0.15, -0.1) is 0 Å². The minimum Gasteiger partial charge on any atom is -0.479 e. The van der Waals surface area contributed by atoms with Crippen LogP contribution in [0.5, 0.6) is 5.75 Å². The Balaban J connectivity index is 2.81. The topological polar surface area (TPSA) is 46.5 Å². The number of carbonyl (C=O) groups is 1. The number of hydrogen-bond acceptors (Lipinski definition) is 2. The molecule has 0 bridgehead atoms. The molecule has 0 heterocycles. The quantitative estimate of drug-likeness (QED) is 0.906. The van der Waals surface area contributed by atoms with Gasteiger partial charge in [-0.2, -0.15) is 0 Å². The van der Waals surface area contributed by atoms with Gasteiger partial charge >= 0.3 is 5.97 Å². The molecule has 1 atom stereocenters. The highest BCUT2D eigenvalue weighted by atomic mass is 79.9. The SMILES string of the molecule is CCC[C@H](Oc1ccc(Br)cc1F)C(=O)O. The van der Waals surface area contributed by atoms with Crippen molar-refractivity contribution in [3.63, 3.8) is 0 Å². The van der Waals surface area contributed by atoms with Crippen LogP contribution in [-0.4, -0.2) is 17.2 Å². The van der Waals surface area contributed by atoms with Gasteiger partial charge in [0.25, 0.3) is 0 Å². The van der Waals surface area contributed by atoms with E-state index in [1.165, 1.54) is 12.1 Å². The lowest BCUT2D eigenvalue weighted by molar-refractivity contribution is -0.145. The molecule has 0 aliphatic carbocycles. The van der Waals surface area contributed by atoms with Gasteiger partial charge in [-0.05, 0) is 24.6 Å². The van der Waals surface area contributed by atoms with Crippen LogP contribution in [0.2, 0.25) is 0 Å². The van der Waals surface area contributed by atoms with Gasteiger partial charge in [0.15, 0.2) is 17.7 Å². The van der Waals surface area contributed by atoms with Crippen LogP contribution in [0.4, 0.5) is 4.39 Å². The fourth-order valence-corrected chi connectivity index (χ4v) is 1.55. The van der Waals surface area contributed by atoms with Gasteiger partial charge in [0.2, 0.25) is 0 Å². The molecule has 0 saturated heterocycles. The maximum absolute atomic E-state index is 13.4. The minimum atomic E-state index is -1.08. The van der Waals surface area contributed by atoms with Crippen LogP contribution >= 0.6 is 15.9 Å². The van der Waals surface area contributed by atoms with Gasteiger partial charge in [0.1, 0.15) is 0 Å². The molecule has 0 unspecified atom stereocenters. The van der Waals surface area contributed by atoms with Gasteiger partial charge in [-0.1, -0.05) is 29.3 Å². The Morgan fingerprint density at radius 3 is 2.81 bits per heavy atom. The van der Waals surface area contributed by atoms with E-state index in [0.29, 0.717) is 17.3 Å². The Kier molecular flexibility index (Phi) is 4.73. The molecule has 1 aromatic carbocycles. The maximum Gasteiger partial charge on any atom is 0.344 e. The largest absolute Gasteiger partial charge is 0.479 e. The number of carboxylic acid groups (broad SMARTS) is 1. The predicted molar refractivity (Wildman–Crippen MR) is 61.1 cm³/mol. The number of ether oxygens (including phenoxy) is 1. The monoisotopic (exact) mass is 290 g/mol. The molecular weight excluding hydrogens is 279 g/mol. The molecule has 0 saturated carbocycles. The molecule has 0 spiro atoms. The summed E-state index contributed by atoms with van der Waals surface area (Å²) >= 11 is 3.11. The summed E-state index contributed by atoms with van der Waals surface area (Å²) in [4.78, 5) is 10.8. The van der Waals surface area contributed by atoms with Crippen LogP contribution in [0.15, 0.2) is 22.7 Å². The summed E-state index contributed by atoms with van der Waals surface area (Å²) in [6.45, 7) is 1.84. The molecule has 0 aliphatic rings. The van der Waals surface area contributed by atoms with Crippen molar-refractivity contribution < 1.29 is 19.0 Å². The Labute approximate surface area is 101 Å². The zero-order valence-corrected chi connectivity index (χ0v) is 10.3. The minimum absolute atomic E-state index is 0.0379. The zero-order chi connectivity index (χ0) is 12.1. The van der Waals surface area contributed by atoms with E-state index in [-0.39, 0.29) is 5.75 Å². The van der Waals surface area contributed by atoms with Gasteiger partial charge in [0, 0.05) is 4.47 Å². The predicted octanol–water partition coefficient (Wildman–Crippen LogP) is 3.22. The summed E-state index contributed by atoms with van der Waals surface area (Å²) in [6, 6.07) is 4.24. The van der Waals surface area contributed by atoms with Crippen molar-refractivity contribution in [2.75, 3.05) is 0 Å². The summed E-state index contributed by atoms with van der Waals surface area (Å²) in [6.07, 6.45) is 0.0145. The normalized spacial score (nSPS) is 12.2. The average molecular weight is 291 g/mol.